The second kappa shape index (κ2) is 7.32. The van der Waals surface area contributed by atoms with Crippen LogP contribution in [0.15, 0.2) is 36.4 Å². The van der Waals surface area contributed by atoms with Crippen molar-refractivity contribution < 1.29 is 35.8 Å². The van der Waals surface area contributed by atoms with Crippen LogP contribution in [0.25, 0.3) is 0 Å². The molecule has 0 aliphatic carbocycles. The Morgan fingerprint density at radius 2 is 1.10 bits per heavy atom. The van der Waals surface area contributed by atoms with Gasteiger partial charge in [-0.25, -0.2) is 0 Å². The van der Waals surface area contributed by atoms with E-state index in [4.69, 9.17) is 9.47 Å². The van der Waals surface area contributed by atoms with Gasteiger partial charge in [-0.3, -0.25) is 0 Å². The zero-order valence-corrected chi connectivity index (χ0v) is 16.0. The van der Waals surface area contributed by atoms with Gasteiger partial charge in [-0.05, 0) is 38.1 Å². The van der Waals surface area contributed by atoms with Gasteiger partial charge in [0.1, 0.15) is 0 Å². The molecule has 0 unspecified atom stereocenters. The van der Waals surface area contributed by atoms with Crippen LogP contribution in [0.2, 0.25) is 0 Å². The first kappa shape index (κ1) is 21.6. The fourth-order valence-corrected chi connectivity index (χ4v) is 3.38. The van der Waals surface area contributed by atoms with E-state index in [1.807, 2.05) is 6.92 Å². The molecule has 1 saturated heterocycles. The van der Waals surface area contributed by atoms with Crippen molar-refractivity contribution in [1.82, 2.24) is 0 Å². The lowest BCUT2D eigenvalue weighted by molar-refractivity contribution is -0.265. The summed E-state index contributed by atoms with van der Waals surface area (Å²) >= 11 is 0. The number of ether oxygens (including phenoxy) is 2. The number of hydrogen-bond donors (Lipinski definition) is 0. The lowest BCUT2D eigenvalue weighted by Crippen LogP contribution is -2.42. The van der Waals surface area contributed by atoms with E-state index >= 15 is 0 Å². The van der Waals surface area contributed by atoms with E-state index in [2.05, 4.69) is 0 Å². The summed E-state index contributed by atoms with van der Waals surface area (Å²) in [5.74, 6) is -1.91. The summed E-state index contributed by atoms with van der Waals surface area (Å²) < 4.78 is 91.8. The highest BCUT2D eigenvalue weighted by atomic mass is 19.4. The summed E-state index contributed by atoms with van der Waals surface area (Å²) in [4.78, 5) is 0. The van der Waals surface area contributed by atoms with E-state index in [1.54, 1.807) is 0 Å². The first-order valence-corrected chi connectivity index (χ1v) is 8.98. The number of rotatable bonds is 2. The summed E-state index contributed by atoms with van der Waals surface area (Å²) in [5.41, 5.74) is -1.22. The molecule has 3 rings (SSSR count). The second-order valence-corrected chi connectivity index (χ2v) is 7.51. The van der Waals surface area contributed by atoms with E-state index < -0.39 is 29.3 Å². The lowest BCUT2D eigenvalue weighted by atomic mass is 9.90. The number of alkyl halides is 6. The van der Waals surface area contributed by atoms with Crippen LogP contribution in [-0.2, 0) is 27.6 Å². The molecule has 0 bridgehead atoms. The molecular formula is C21H20F6O2. The SMILES string of the molecule is Cc1cc(C(F)(F)F)cc(C2(c3cc(C)cc(C(F)(F)F)c3)OCC(C)CO2)c1. The lowest BCUT2D eigenvalue weighted by Gasteiger charge is -2.41. The number of benzene rings is 2. The fourth-order valence-electron chi connectivity index (χ4n) is 3.38. The molecule has 0 saturated carbocycles. The Morgan fingerprint density at radius 1 is 0.724 bits per heavy atom. The van der Waals surface area contributed by atoms with Gasteiger partial charge in [0.15, 0.2) is 0 Å². The minimum atomic E-state index is -4.62. The maximum atomic E-state index is 13.4. The molecule has 1 fully saturated rings. The van der Waals surface area contributed by atoms with Crippen molar-refractivity contribution in [2.75, 3.05) is 13.2 Å². The molecule has 0 aromatic heterocycles. The molecule has 29 heavy (non-hydrogen) atoms. The predicted molar refractivity (Wildman–Crippen MR) is 94.2 cm³/mol. The summed E-state index contributed by atoms with van der Waals surface area (Å²) in [7, 11) is 0. The Hall–Kier alpha value is -2.06. The highest BCUT2D eigenvalue weighted by Crippen LogP contribution is 2.43. The fraction of sp³-hybridized carbons (Fsp3) is 0.429. The molecule has 158 valence electrons. The molecule has 8 heteroatoms. The van der Waals surface area contributed by atoms with Crippen LogP contribution in [0.5, 0.6) is 0 Å². The van der Waals surface area contributed by atoms with Crippen LogP contribution in [0.3, 0.4) is 0 Å². The van der Waals surface area contributed by atoms with Crippen LogP contribution < -0.4 is 0 Å². The van der Waals surface area contributed by atoms with Gasteiger partial charge in [-0.2, -0.15) is 26.3 Å². The first-order valence-electron chi connectivity index (χ1n) is 8.98. The zero-order valence-electron chi connectivity index (χ0n) is 16.0. The quantitative estimate of drug-likeness (QED) is 0.539. The van der Waals surface area contributed by atoms with Gasteiger partial charge < -0.3 is 9.47 Å². The van der Waals surface area contributed by atoms with E-state index in [1.165, 1.54) is 26.0 Å². The van der Waals surface area contributed by atoms with Gasteiger partial charge in [0, 0.05) is 17.0 Å². The Morgan fingerprint density at radius 3 is 1.45 bits per heavy atom. The highest BCUT2D eigenvalue weighted by molar-refractivity contribution is 5.43. The summed E-state index contributed by atoms with van der Waals surface area (Å²) in [6.45, 7) is 5.04. The molecule has 1 aliphatic heterocycles. The average Bonchev–Trinajstić information content (AvgIpc) is 2.60. The molecule has 2 nitrogen and oxygen atoms in total. The Kier molecular flexibility index (Phi) is 5.47. The van der Waals surface area contributed by atoms with Crippen LogP contribution in [-0.4, -0.2) is 13.2 Å². The van der Waals surface area contributed by atoms with Crippen LogP contribution in [0, 0.1) is 19.8 Å². The third-order valence-electron chi connectivity index (χ3n) is 4.71. The smallest absolute Gasteiger partial charge is 0.342 e. The molecule has 0 atom stereocenters. The molecular weight excluding hydrogens is 398 g/mol. The topological polar surface area (TPSA) is 18.5 Å². The first-order chi connectivity index (χ1) is 13.3. The van der Waals surface area contributed by atoms with Crippen molar-refractivity contribution in [2.24, 2.45) is 5.92 Å². The highest BCUT2D eigenvalue weighted by Gasteiger charge is 2.44. The molecule has 1 heterocycles. The molecule has 0 amide bonds. The maximum Gasteiger partial charge on any atom is 0.416 e. The van der Waals surface area contributed by atoms with E-state index in [0.29, 0.717) is 11.1 Å². The van der Waals surface area contributed by atoms with Crippen LogP contribution in [0.1, 0.15) is 40.3 Å². The van der Waals surface area contributed by atoms with Gasteiger partial charge in [0.2, 0.25) is 5.79 Å². The van der Waals surface area contributed by atoms with E-state index in [0.717, 1.165) is 24.3 Å². The van der Waals surface area contributed by atoms with Crippen molar-refractivity contribution in [3.63, 3.8) is 0 Å². The molecule has 2 aromatic rings. The summed E-state index contributed by atoms with van der Waals surface area (Å²) in [6.07, 6.45) is -9.23. The van der Waals surface area contributed by atoms with Gasteiger partial charge in [-0.1, -0.05) is 30.2 Å². The zero-order chi connectivity index (χ0) is 21.6. The molecule has 2 aromatic carbocycles. The number of aryl methyl sites for hydroxylation is 2. The Balaban J connectivity index is 2.24. The monoisotopic (exact) mass is 418 g/mol. The summed E-state index contributed by atoms with van der Waals surface area (Å²) in [5, 5.41) is 0. The van der Waals surface area contributed by atoms with Gasteiger partial charge in [-0.15, -0.1) is 0 Å². The van der Waals surface area contributed by atoms with Gasteiger partial charge in [0.05, 0.1) is 24.3 Å². The third-order valence-corrected chi connectivity index (χ3v) is 4.71. The Bertz CT molecular complexity index is 828. The number of halogens is 6. The third kappa shape index (κ3) is 4.43. The molecule has 0 radical (unpaired) electrons. The molecule has 0 spiro atoms. The van der Waals surface area contributed by atoms with Gasteiger partial charge >= 0.3 is 12.4 Å². The minimum Gasteiger partial charge on any atom is -0.342 e. The number of hydrogen-bond acceptors (Lipinski definition) is 2. The van der Waals surface area contributed by atoms with E-state index in [9.17, 15) is 26.3 Å². The normalized spacial score (nSPS) is 18.1. The standard InChI is InChI=1S/C21H20F6O2/c1-12-4-15(8-17(6-12)20(22,23)24)19(28-10-14(3)11-29-19)16-5-13(2)7-18(9-16)21(25,26)27/h4-9,14H,10-11H2,1-3H3. The van der Waals surface area contributed by atoms with Crippen molar-refractivity contribution in [3.8, 4) is 0 Å². The van der Waals surface area contributed by atoms with Crippen molar-refractivity contribution >= 4 is 0 Å². The summed E-state index contributed by atoms with van der Waals surface area (Å²) in [6, 6.07) is 6.58. The van der Waals surface area contributed by atoms with Crippen molar-refractivity contribution in [2.45, 2.75) is 38.9 Å². The Labute approximate surface area is 164 Å². The van der Waals surface area contributed by atoms with Crippen LogP contribution in [0.4, 0.5) is 26.3 Å². The second-order valence-electron chi connectivity index (χ2n) is 7.51. The van der Waals surface area contributed by atoms with Gasteiger partial charge in [0.25, 0.3) is 0 Å². The predicted octanol–water partition coefficient (Wildman–Crippen LogP) is 6.23. The largest absolute Gasteiger partial charge is 0.416 e. The van der Waals surface area contributed by atoms with Crippen molar-refractivity contribution in [3.05, 3.63) is 69.8 Å². The maximum absolute atomic E-state index is 13.4. The minimum absolute atomic E-state index is 0.00968. The molecule has 0 N–H and O–H groups in total. The van der Waals surface area contributed by atoms with Crippen LogP contribution >= 0.6 is 0 Å². The van der Waals surface area contributed by atoms with E-state index in [-0.39, 0.29) is 30.3 Å². The van der Waals surface area contributed by atoms with Crippen molar-refractivity contribution in [1.29, 1.82) is 0 Å². The average molecular weight is 418 g/mol. The molecule has 1 aliphatic rings.